The number of ether oxygens (including phenoxy) is 2. The van der Waals surface area contributed by atoms with Gasteiger partial charge in [-0.3, -0.25) is 0 Å². The van der Waals surface area contributed by atoms with Crippen LogP contribution in [0.25, 0.3) is 0 Å². The average Bonchev–Trinajstić information content (AvgIpc) is 2.82. The van der Waals surface area contributed by atoms with Crippen molar-refractivity contribution in [3.05, 3.63) is 11.3 Å². The molecule has 1 atom stereocenters. The third kappa shape index (κ3) is 3.50. The molecule has 0 aliphatic carbocycles. The lowest BCUT2D eigenvalue weighted by atomic mass is 10.1. The lowest BCUT2D eigenvalue weighted by Gasteiger charge is -2.26. The van der Waals surface area contributed by atoms with E-state index in [1.807, 2.05) is 11.8 Å². The Morgan fingerprint density at radius 3 is 2.15 bits per heavy atom. The zero-order chi connectivity index (χ0) is 15.1. The lowest BCUT2D eigenvalue weighted by Crippen LogP contribution is -2.33. The van der Waals surface area contributed by atoms with E-state index in [4.69, 9.17) is 9.47 Å². The number of hydrogen-bond donors (Lipinski definition) is 1. The standard InChI is InChI=1S/C14H23NO5/c1-4-15-10(9-16)7-8-11(15)12(13(17)19-5-2)14(18)20-6-3/h10,16H,4-9H2,1-3H3/t10-/m0/s1. The molecule has 1 aliphatic heterocycles. The Labute approximate surface area is 119 Å². The molecule has 6 nitrogen and oxygen atoms in total. The van der Waals surface area contributed by atoms with Gasteiger partial charge in [0.2, 0.25) is 0 Å². The van der Waals surface area contributed by atoms with Crippen molar-refractivity contribution in [3.8, 4) is 0 Å². The molecule has 0 saturated carbocycles. The van der Waals surface area contributed by atoms with Crippen LogP contribution in [0.3, 0.4) is 0 Å². The van der Waals surface area contributed by atoms with Crippen molar-refractivity contribution in [2.75, 3.05) is 26.4 Å². The number of carbonyl (C=O) groups excluding carboxylic acids is 2. The molecule has 0 aromatic carbocycles. The Morgan fingerprint density at radius 2 is 1.75 bits per heavy atom. The maximum atomic E-state index is 12.0. The van der Waals surface area contributed by atoms with Gasteiger partial charge in [0.25, 0.3) is 0 Å². The van der Waals surface area contributed by atoms with Crippen molar-refractivity contribution in [3.63, 3.8) is 0 Å². The number of allylic oxidation sites excluding steroid dienone is 1. The Balaban J connectivity index is 3.15. The zero-order valence-corrected chi connectivity index (χ0v) is 12.3. The van der Waals surface area contributed by atoms with E-state index < -0.39 is 11.9 Å². The SMILES string of the molecule is CCOC(=O)C(C(=O)OCC)=C1CC[C@@H](CO)N1CC. The lowest BCUT2D eigenvalue weighted by molar-refractivity contribution is -0.146. The molecule has 1 heterocycles. The summed E-state index contributed by atoms with van der Waals surface area (Å²) >= 11 is 0. The predicted molar refractivity (Wildman–Crippen MR) is 72.8 cm³/mol. The molecule has 1 rings (SSSR count). The fraction of sp³-hybridized carbons (Fsp3) is 0.714. The smallest absolute Gasteiger partial charge is 0.347 e. The molecule has 0 aromatic heterocycles. The topological polar surface area (TPSA) is 76.1 Å². The van der Waals surface area contributed by atoms with Gasteiger partial charge in [0, 0.05) is 12.2 Å². The minimum atomic E-state index is -0.655. The van der Waals surface area contributed by atoms with E-state index in [1.54, 1.807) is 13.8 Å². The van der Waals surface area contributed by atoms with Crippen molar-refractivity contribution in [1.29, 1.82) is 0 Å². The van der Waals surface area contributed by atoms with Gasteiger partial charge in [0.05, 0.1) is 25.9 Å². The molecular formula is C14H23NO5. The second-order valence-corrected chi connectivity index (χ2v) is 4.42. The third-order valence-electron chi connectivity index (χ3n) is 3.30. The quantitative estimate of drug-likeness (QED) is 0.337. The normalized spacial score (nSPS) is 18.1. The molecular weight excluding hydrogens is 262 g/mol. The van der Waals surface area contributed by atoms with Crippen LogP contribution in [0.15, 0.2) is 11.3 Å². The molecule has 0 radical (unpaired) electrons. The number of likely N-dealkylation sites (N-methyl/N-ethyl adjacent to an activating group) is 1. The first-order chi connectivity index (χ1) is 9.60. The number of nitrogens with zero attached hydrogens (tertiary/aromatic N) is 1. The summed E-state index contributed by atoms with van der Waals surface area (Å²) in [5.74, 6) is -1.31. The molecule has 0 bridgehead atoms. The fourth-order valence-corrected chi connectivity index (χ4v) is 2.46. The van der Waals surface area contributed by atoms with Gasteiger partial charge in [0.1, 0.15) is 0 Å². The number of esters is 2. The molecule has 114 valence electrons. The van der Waals surface area contributed by atoms with Crippen molar-refractivity contribution in [1.82, 2.24) is 4.90 Å². The second-order valence-electron chi connectivity index (χ2n) is 4.42. The van der Waals surface area contributed by atoms with E-state index in [0.717, 1.165) is 0 Å². The van der Waals surface area contributed by atoms with Crippen molar-refractivity contribution < 1.29 is 24.2 Å². The number of aliphatic hydroxyl groups is 1. The van der Waals surface area contributed by atoms with Crippen molar-refractivity contribution in [2.45, 2.75) is 39.7 Å². The third-order valence-corrected chi connectivity index (χ3v) is 3.30. The number of hydrogen-bond acceptors (Lipinski definition) is 6. The minimum Gasteiger partial charge on any atom is -0.462 e. The van der Waals surface area contributed by atoms with Crippen LogP contribution >= 0.6 is 0 Å². The van der Waals surface area contributed by atoms with Crippen LogP contribution in [0.2, 0.25) is 0 Å². The molecule has 0 amide bonds. The van der Waals surface area contributed by atoms with Crippen LogP contribution in [-0.4, -0.2) is 54.4 Å². The zero-order valence-electron chi connectivity index (χ0n) is 12.3. The molecule has 1 N–H and O–H groups in total. The van der Waals surface area contributed by atoms with Crippen LogP contribution in [0.5, 0.6) is 0 Å². The van der Waals surface area contributed by atoms with Gasteiger partial charge < -0.3 is 19.5 Å². The summed E-state index contributed by atoms with van der Waals surface area (Å²) < 4.78 is 9.92. The number of carbonyl (C=O) groups is 2. The largest absolute Gasteiger partial charge is 0.462 e. The highest BCUT2D eigenvalue weighted by Crippen LogP contribution is 2.30. The van der Waals surface area contributed by atoms with Crippen molar-refractivity contribution in [2.24, 2.45) is 0 Å². The van der Waals surface area contributed by atoms with E-state index >= 15 is 0 Å². The van der Waals surface area contributed by atoms with Crippen LogP contribution in [0.1, 0.15) is 33.6 Å². The molecule has 0 unspecified atom stereocenters. The summed E-state index contributed by atoms with van der Waals surface area (Å²) in [7, 11) is 0. The minimum absolute atomic E-state index is 0.00370. The highest BCUT2D eigenvalue weighted by atomic mass is 16.6. The molecule has 1 saturated heterocycles. The second kappa shape index (κ2) is 7.89. The first-order valence-corrected chi connectivity index (χ1v) is 7.05. The van der Waals surface area contributed by atoms with Gasteiger partial charge in [0.15, 0.2) is 5.57 Å². The maximum Gasteiger partial charge on any atom is 0.347 e. The first kappa shape index (κ1) is 16.5. The van der Waals surface area contributed by atoms with Crippen LogP contribution < -0.4 is 0 Å². The van der Waals surface area contributed by atoms with Gasteiger partial charge in [-0.15, -0.1) is 0 Å². The number of aliphatic hydroxyl groups excluding tert-OH is 1. The summed E-state index contributed by atoms with van der Waals surface area (Å²) in [5.41, 5.74) is 0.579. The fourth-order valence-electron chi connectivity index (χ4n) is 2.46. The van der Waals surface area contributed by atoms with Gasteiger partial charge >= 0.3 is 11.9 Å². The molecule has 1 aliphatic rings. The van der Waals surface area contributed by atoms with Crippen LogP contribution in [-0.2, 0) is 19.1 Å². The van der Waals surface area contributed by atoms with Gasteiger partial charge in [-0.1, -0.05) is 0 Å². The molecule has 0 spiro atoms. The van der Waals surface area contributed by atoms with E-state index in [2.05, 4.69) is 0 Å². The Kier molecular flexibility index (Phi) is 6.51. The summed E-state index contributed by atoms with van der Waals surface area (Å²) in [4.78, 5) is 25.9. The monoisotopic (exact) mass is 285 g/mol. The molecule has 6 heteroatoms. The summed E-state index contributed by atoms with van der Waals surface area (Å²) in [5, 5.41) is 9.35. The number of rotatable bonds is 6. The highest BCUT2D eigenvalue weighted by Gasteiger charge is 2.35. The maximum absolute atomic E-state index is 12.0. The van der Waals surface area contributed by atoms with E-state index in [-0.39, 0.29) is 31.4 Å². The molecule has 20 heavy (non-hydrogen) atoms. The molecule has 1 fully saturated rings. The van der Waals surface area contributed by atoms with E-state index in [1.165, 1.54) is 0 Å². The van der Waals surface area contributed by atoms with Gasteiger partial charge in [-0.25, -0.2) is 9.59 Å². The van der Waals surface area contributed by atoms with Crippen LogP contribution in [0.4, 0.5) is 0 Å². The molecule has 0 aromatic rings. The first-order valence-electron chi connectivity index (χ1n) is 7.05. The van der Waals surface area contributed by atoms with Crippen molar-refractivity contribution >= 4 is 11.9 Å². The van der Waals surface area contributed by atoms with Gasteiger partial charge in [-0.2, -0.15) is 0 Å². The Morgan fingerprint density at radius 1 is 1.20 bits per heavy atom. The summed E-state index contributed by atoms with van der Waals surface area (Å²) in [6, 6.07) is -0.0612. The van der Waals surface area contributed by atoms with E-state index in [0.29, 0.717) is 25.1 Å². The Hall–Kier alpha value is -1.56. The summed E-state index contributed by atoms with van der Waals surface area (Å²) in [6.45, 7) is 6.30. The Bertz CT molecular complexity index is 371. The number of likely N-dealkylation sites (tertiary alicyclic amines) is 1. The summed E-state index contributed by atoms with van der Waals surface area (Å²) in [6.07, 6.45) is 1.27. The highest BCUT2D eigenvalue weighted by molar-refractivity contribution is 6.14. The average molecular weight is 285 g/mol. The van der Waals surface area contributed by atoms with E-state index in [9.17, 15) is 14.7 Å². The van der Waals surface area contributed by atoms with Gasteiger partial charge in [-0.05, 0) is 33.6 Å². The predicted octanol–water partition coefficient (Wildman–Crippen LogP) is 0.843. The van der Waals surface area contributed by atoms with Crippen LogP contribution in [0, 0.1) is 0 Å².